The van der Waals surface area contributed by atoms with Gasteiger partial charge < -0.3 is 16.2 Å². The molecule has 0 saturated heterocycles. The molecule has 4 N–H and O–H groups in total. The Morgan fingerprint density at radius 2 is 1.74 bits per heavy atom. The van der Waals surface area contributed by atoms with E-state index in [0.29, 0.717) is 17.9 Å². The second-order valence-corrected chi connectivity index (χ2v) is 5.78. The maximum atomic E-state index is 12.6. The molecule has 0 unspecified atom stereocenters. The van der Waals surface area contributed by atoms with E-state index in [1.165, 1.54) is 13.1 Å². The van der Waals surface area contributed by atoms with Crippen LogP contribution in [0.4, 0.5) is 11.4 Å². The van der Waals surface area contributed by atoms with E-state index in [1.807, 2.05) is 18.2 Å². The minimum absolute atomic E-state index is 0.0350. The summed E-state index contributed by atoms with van der Waals surface area (Å²) in [5.74, 6) is -1.23. The van der Waals surface area contributed by atoms with Gasteiger partial charge in [0.1, 0.15) is 11.6 Å². The zero-order chi connectivity index (χ0) is 19.8. The van der Waals surface area contributed by atoms with E-state index in [2.05, 4.69) is 5.32 Å². The summed E-state index contributed by atoms with van der Waals surface area (Å²) >= 11 is 0. The van der Waals surface area contributed by atoms with Crippen molar-refractivity contribution in [3.05, 3.63) is 71.4 Å². The molecular formula is C20H20N4O3. The molecule has 7 heteroatoms. The minimum Gasteiger partial charge on any atom is -0.399 e. The molecule has 0 atom stereocenters. The number of amides is 2. The van der Waals surface area contributed by atoms with E-state index in [9.17, 15) is 14.9 Å². The summed E-state index contributed by atoms with van der Waals surface area (Å²) in [4.78, 5) is 25.5. The number of imide groups is 1. The predicted molar refractivity (Wildman–Crippen MR) is 102 cm³/mol. The number of rotatable bonds is 6. The first-order chi connectivity index (χ1) is 13.0. The van der Waals surface area contributed by atoms with Crippen LogP contribution in [0, 0.1) is 11.3 Å². The number of hydrogen-bond donors (Lipinski definition) is 3. The van der Waals surface area contributed by atoms with E-state index in [0.717, 1.165) is 16.0 Å². The first kappa shape index (κ1) is 19.7. The summed E-state index contributed by atoms with van der Waals surface area (Å²) in [5.41, 5.74) is 7.97. The highest BCUT2D eigenvalue weighted by Gasteiger charge is 2.23. The molecule has 27 heavy (non-hydrogen) atoms. The standard InChI is InChI=1S/C20H20N4O3/c1-14(26)24(19-8-6-18(22)7-9-19)20(27)17(10-21)12-23-11-15-2-4-16(13-25)5-3-15/h2-9,12,23,25H,11,13,22H2,1H3/b17-12-. The smallest absolute Gasteiger partial charge is 0.277 e. The normalized spacial score (nSPS) is 10.8. The third-order valence-electron chi connectivity index (χ3n) is 3.78. The van der Waals surface area contributed by atoms with E-state index >= 15 is 0 Å². The monoisotopic (exact) mass is 364 g/mol. The van der Waals surface area contributed by atoms with Gasteiger partial charge in [-0.15, -0.1) is 0 Å². The SMILES string of the molecule is CC(=O)N(C(=O)/C(C#N)=C\NCc1ccc(CO)cc1)c1ccc(N)cc1. The summed E-state index contributed by atoms with van der Waals surface area (Å²) in [6, 6.07) is 15.3. The van der Waals surface area contributed by atoms with Crippen LogP contribution in [-0.4, -0.2) is 16.9 Å². The topological polar surface area (TPSA) is 119 Å². The van der Waals surface area contributed by atoms with E-state index < -0.39 is 11.8 Å². The second-order valence-electron chi connectivity index (χ2n) is 5.78. The fourth-order valence-corrected chi connectivity index (χ4v) is 2.36. The van der Waals surface area contributed by atoms with Crippen LogP contribution in [0.1, 0.15) is 18.1 Å². The highest BCUT2D eigenvalue weighted by Crippen LogP contribution is 2.18. The van der Waals surface area contributed by atoms with Crippen LogP contribution in [0.2, 0.25) is 0 Å². The van der Waals surface area contributed by atoms with Gasteiger partial charge in [-0.25, -0.2) is 4.90 Å². The molecule has 2 amide bonds. The first-order valence-electron chi connectivity index (χ1n) is 8.19. The minimum atomic E-state index is -0.724. The number of nitriles is 1. The molecule has 0 spiro atoms. The average molecular weight is 364 g/mol. The van der Waals surface area contributed by atoms with E-state index in [-0.39, 0.29) is 12.2 Å². The van der Waals surface area contributed by atoms with Gasteiger partial charge in [-0.1, -0.05) is 24.3 Å². The Morgan fingerprint density at radius 1 is 1.15 bits per heavy atom. The van der Waals surface area contributed by atoms with Gasteiger partial charge in [0.15, 0.2) is 0 Å². The third kappa shape index (κ3) is 5.17. The fourth-order valence-electron chi connectivity index (χ4n) is 2.36. The van der Waals surface area contributed by atoms with Crippen LogP contribution in [0.15, 0.2) is 60.3 Å². The van der Waals surface area contributed by atoms with Crippen molar-refractivity contribution in [2.45, 2.75) is 20.1 Å². The lowest BCUT2D eigenvalue weighted by Crippen LogP contribution is -2.36. The Morgan fingerprint density at radius 3 is 2.26 bits per heavy atom. The maximum Gasteiger partial charge on any atom is 0.277 e. The summed E-state index contributed by atoms with van der Waals surface area (Å²) in [6.45, 7) is 1.60. The Balaban J connectivity index is 2.14. The number of benzene rings is 2. The Kier molecular flexibility index (Phi) is 6.69. The molecule has 2 aromatic carbocycles. The van der Waals surface area contributed by atoms with E-state index in [1.54, 1.807) is 36.4 Å². The molecule has 0 aliphatic heterocycles. The lowest BCUT2D eigenvalue weighted by molar-refractivity contribution is -0.123. The van der Waals surface area contributed by atoms with Crippen LogP contribution >= 0.6 is 0 Å². The van der Waals surface area contributed by atoms with Crippen LogP contribution < -0.4 is 16.0 Å². The molecule has 0 aliphatic rings. The molecule has 0 radical (unpaired) electrons. The van der Waals surface area contributed by atoms with E-state index in [4.69, 9.17) is 10.8 Å². The number of nitrogens with one attached hydrogen (secondary N) is 1. The quantitative estimate of drug-likeness (QED) is 0.409. The number of aliphatic hydroxyl groups excluding tert-OH is 1. The van der Waals surface area contributed by atoms with Gasteiger partial charge in [-0.3, -0.25) is 9.59 Å². The van der Waals surface area contributed by atoms with Gasteiger partial charge in [0.05, 0.1) is 12.3 Å². The van der Waals surface area contributed by atoms with Gasteiger partial charge >= 0.3 is 0 Å². The van der Waals surface area contributed by atoms with Crippen molar-refractivity contribution in [2.75, 3.05) is 10.6 Å². The number of hydrogen-bond acceptors (Lipinski definition) is 6. The first-order valence-corrected chi connectivity index (χ1v) is 8.19. The largest absolute Gasteiger partial charge is 0.399 e. The Hall–Kier alpha value is -3.63. The Bertz CT molecular complexity index is 881. The molecule has 138 valence electrons. The van der Waals surface area contributed by atoms with Crippen LogP contribution in [-0.2, 0) is 22.7 Å². The maximum absolute atomic E-state index is 12.6. The van der Waals surface area contributed by atoms with Crippen molar-refractivity contribution in [3.63, 3.8) is 0 Å². The summed E-state index contributed by atoms with van der Waals surface area (Å²) < 4.78 is 0. The Labute approximate surface area is 157 Å². The zero-order valence-electron chi connectivity index (χ0n) is 14.8. The molecule has 0 heterocycles. The average Bonchev–Trinajstić information content (AvgIpc) is 2.67. The number of carbonyl (C=O) groups is 2. The molecule has 0 aromatic heterocycles. The molecule has 0 saturated carbocycles. The highest BCUT2D eigenvalue weighted by atomic mass is 16.3. The second kappa shape index (κ2) is 9.17. The van der Waals surface area contributed by atoms with Gasteiger partial charge in [0, 0.05) is 25.4 Å². The van der Waals surface area contributed by atoms with Crippen molar-refractivity contribution >= 4 is 23.2 Å². The van der Waals surface area contributed by atoms with Crippen molar-refractivity contribution < 1.29 is 14.7 Å². The van der Waals surface area contributed by atoms with Crippen molar-refractivity contribution in [1.29, 1.82) is 5.26 Å². The van der Waals surface area contributed by atoms with Crippen molar-refractivity contribution in [3.8, 4) is 6.07 Å². The third-order valence-corrected chi connectivity index (χ3v) is 3.78. The van der Waals surface area contributed by atoms with Crippen molar-refractivity contribution in [1.82, 2.24) is 5.32 Å². The van der Waals surface area contributed by atoms with Gasteiger partial charge in [0.25, 0.3) is 5.91 Å². The molecule has 0 bridgehead atoms. The number of aliphatic hydroxyl groups is 1. The van der Waals surface area contributed by atoms with Crippen LogP contribution in [0.25, 0.3) is 0 Å². The fraction of sp³-hybridized carbons (Fsp3) is 0.150. The molecule has 2 aromatic rings. The van der Waals surface area contributed by atoms with Crippen LogP contribution in [0.5, 0.6) is 0 Å². The number of nitrogen functional groups attached to an aromatic ring is 1. The lowest BCUT2D eigenvalue weighted by atomic mass is 10.1. The van der Waals surface area contributed by atoms with Crippen LogP contribution in [0.3, 0.4) is 0 Å². The highest BCUT2D eigenvalue weighted by molar-refractivity contribution is 6.21. The number of anilines is 2. The molecule has 2 rings (SSSR count). The molecule has 7 nitrogen and oxygen atoms in total. The summed E-state index contributed by atoms with van der Waals surface area (Å²) in [6.07, 6.45) is 1.29. The lowest BCUT2D eigenvalue weighted by Gasteiger charge is -2.19. The predicted octanol–water partition coefficient (Wildman–Crippen LogP) is 1.84. The summed E-state index contributed by atoms with van der Waals surface area (Å²) in [5, 5.41) is 21.3. The number of nitrogens with two attached hydrogens (primary N) is 1. The molecular weight excluding hydrogens is 344 g/mol. The zero-order valence-corrected chi connectivity index (χ0v) is 14.8. The summed E-state index contributed by atoms with van der Waals surface area (Å²) in [7, 11) is 0. The number of carbonyl (C=O) groups excluding carboxylic acids is 2. The van der Waals surface area contributed by atoms with Gasteiger partial charge in [-0.2, -0.15) is 5.26 Å². The van der Waals surface area contributed by atoms with Crippen molar-refractivity contribution in [2.24, 2.45) is 0 Å². The molecule has 0 fully saturated rings. The van der Waals surface area contributed by atoms with Gasteiger partial charge in [-0.05, 0) is 35.4 Å². The van der Waals surface area contributed by atoms with Gasteiger partial charge in [0.2, 0.25) is 5.91 Å². The number of nitrogens with zero attached hydrogens (tertiary/aromatic N) is 2. The molecule has 0 aliphatic carbocycles.